The van der Waals surface area contributed by atoms with Crippen molar-refractivity contribution in [1.82, 2.24) is 25.4 Å². The number of nitrogens with one attached hydrogen (secondary N) is 2. The zero-order valence-electron chi connectivity index (χ0n) is 11.8. The maximum atomic E-state index is 11.8. The molecule has 2 aromatic heterocycles. The number of hydrogen-bond acceptors (Lipinski definition) is 4. The van der Waals surface area contributed by atoms with Crippen LogP contribution in [-0.4, -0.2) is 20.8 Å². The Balaban J connectivity index is 1.50. The fourth-order valence-corrected chi connectivity index (χ4v) is 3.12. The minimum atomic E-state index is -0.172. The van der Waals surface area contributed by atoms with Crippen LogP contribution in [0.3, 0.4) is 0 Å². The first-order valence-electron chi connectivity index (χ1n) is 7.28. The smallest absolute Gasteiger partial charge is 0.315 e. The van der Waals surface area contributed by atoms with Crippen LogP contribution in [-0.2, 0) is 26.1 Å². The summed E-state index contributed by atoms with van der Waals surface area (Å²) >= 11 is 1.63. The Kier molecular flexibility index (Phi) is 4.49. The zero-order chi connectivity index (χ0) is 14.5. The molecule has 7 heteroatoms. The van der Waals surface area contributed by atoms with E-state index in [1.807, 2.05) is 17.5 Å². The van der Waals surface area contributed by atoms with E-state index in [9.17, 15) is 4.79 Å². The van der Waals surface area contributed by atoms with E-state index in [1.165, 1.54) is 12.8 Å². The highest BCUT2D eigenvalue weighted by Crippen LogP contribution is 2.14. The van der Waals surface area contributed by atoms with Crippen molar-refractivity contribution >= 4 is 17.4 Å². The van der Waals surface area contributed by atoms with Gasteiger partial charge >= 0.3 is 6.03 Å². The molecule has 3 rings (SSSR count). The molecular weight excluding hydrogens is 286 g/mol. The summed E-state index contributed by atoms with van der Waals surface area (Å²) in [6, 6.07) is 3.81. The van der Waals surface area contributed by atoms with Crippen LogP contribution >= 0.6 is 11.3 Å². The maximum Gasteiger partial charge on any atom is 0.315 e. The topological polar surface area (TPSA) is 71.8 Å². The van der Waals surface area contributed by atoms with Gasteiger partial charge in [0.05, 0.1) is 13.1 Å². The number of aromatic nitrogens is 3. The van der Waals surface area contributed by atoms with Crippen LogP contribution in [0.4, 0.5) is 4.79 Å². The van der Waals surface area contributed by atoms with Crippen LogP contribution < -0.4 is 10.6 Å². The van der Waals surface area contributed by atoms with Crippen LogP contribution in [0, 0.1) is 0 Å². The molecule has 21 heavy (non-hydrogen) atoms. The molecule has 0 radical (unpaired) electrons. The van der Waals surface area contributed by atoms with E-state index in [0.29, 0.717) is 13.1 Å². The molecule has 0 atom stereocenters. The molecule has 6 nitrogen and oxygen atoms in total. The maximum absolute atomic E-state index is 11.8. The van der Waals surface area contributed by atoms with Gasteiger partial charge in [0.2, 0.25) is 0 Å². The lowest BCUT2D eigenvalue weighted by atomic mass is 10.2. The summed E-state index contributed by atoms with van der Waals surface area (Å²) in [4.78, 5) is 12.9. The highest BCUT2D eigenvalue weighted by Gasteiger charge is 2.14. The van der Waals surface area contributed by atoms with Gasteiger partial charge in [-0.3, -0.25) is 0 Å². The van der Waals surface area contributed by atoms with Crippen molar-refractivity contribution in [3.8, 4) is 0 Å². The summed E-state index contributed by atoms with van der Waals surface area (Å²) in [7, 11) is 0. The second-order valence-corrected chi connectivity index (χ2v) is 6.14. The second kappa shape index (κ2) is 6.71. The van der Waals surface area contributed by atoms with Crippen molar-refractivity contribution in [3.63, 3.8) is 0 Å². The molecule has 2 aromatic rings. The molecule has 0 saturated carbocycles. The van der Waals surface area contributed by atoms with Crippen LogP contribution in [0.15, 0.2) is 17.5 Å². The first-order valence-corrected chi connectivity index (χ1v) is 8.16. The monoisotopic (exact) mass is 305 g/mol. The van der Waals surface area contributed by atoms with E-state index in [1.54, 1.807) is 11.3 Å². The van der Waals surface area contributed by atoms with E-state index in [4.69, 9.17) is 0 Å². The predicted octanol–water partition coefficient (Wildman–Crippen LogP) is 2.07. The van der Waals surface area contributed by atoms with Gasteiger partial charge in [-0.25, -0.2) is 4.79 Å². The van der Waals surface area contributed by atoms with Crippen molar-refractivity contribution in [2.75, 3.05) is 0 Å². The number of carbonyl (C=O) groups excluding carboxylic acids is 1. The van der Waals surface area contributed by atoms with E-state index in [-0.39, 0.29) is 6.03 Å². The Labute approximate surface area is 127 Å². The van der Waals surface area contributed by atoms with Crippen molar-refractivity contribution < 1.29 is 4.79 Å². The third kappa shape index (κ3) is 3.60. The molecule has 0 aliphatic carbocycles. The number of fused-ring (bicyclic) bond motifs is 1. The summed E-state index contributed by atoms with van der Waals surface area (Å²) in [6.45, 7) is 1.93. The lowest BCUT2D eigenvalue weighted by Crippen LogP contribution is -2.35. The van der Waals surface area contributed by atoms with Crippen molar-refractivity contribution in [3.05, 3.63) is 34.0 Å². The van der Waals surface area contributed by atoms with Gasteiger partial charge < -0.3 is 15.2 Å². The summed E-state index contributed by atoms with van der Waals surface area (Å²) < 4.78 is 2.15. The number of nitrogens with zero attached hydrogens (tertiary/aromatic N) is 3. The Morgan fingerprint density at radius 3 is 3.00 bits per heavy atom. The van der Waals surface area contributed by atoms with E-state index < -0.39 is 0 Å². The van der Waals surface area contributed by atoms with Crippen LogP contribution in [0.1, 0.15) is 35.8 Å². The van der Waals surface area contributed by atoms with Crippen LogP contribution in [0.2, 0.25) is 0 Å². The van der Waals surface area contributed by atoms with Gasteiger partial charge in [0, 0.05) is 17.8 Å². The molecule has 0 spiro atoms. The Morgan fingerprint density at radius 1 is 1.24 bits per heavy atom. The highest BCUT2D eigenvalue weighted by atomic mass is 32.1. The molecule has 3 heterocycles. The Morgan fingerprint density at radius 2 is 2.14 bits per heavy atom. The number of aryl methyl sites for hydroxylation is 1. The summed E-state index contributed by atoms with van der Waals surface area (Å²) in [5.41, 5.74) is 0. The normalized spacial score (nSPS) is 14.3. The average molecular weight is 305 g/mol. The second-order valence-electron chi connectivity index (χ2n) is 5.11. The lowest BCUT2D eigenvalue weighted by molar-refractivity contribution is 0.240. The van der Waals surface area contributed by atoms with Gasteiger partial charge in [-0.2, -0.15) is 0 Å². The van der Waals surface area contributed by atoms with Crippen LogP contribution in [0.25, 0.3) is 0 Å². The predicted molar refractivity (Wildman–Crippen MR) is 81.0 cm³/mol. The fourth-order valence-electron chi connectivity index (χ4n) is 2.48. The van der Waals surface area contributed by atoms with E-state index in [2.05, 4.69) is 25.4 Å². The van der Waals surface area contributed by atoms with Gasteiger partial charge in [-0.1, -0.05) is 12.5 Å². The number of carbonyl (C=O) groups is 1. The number of amides is 2. The van der Waals surface area contributed by atoms with Crippen molar-refractivity contribution in [1.29, 1.82) is 0 Å². The molecule has 2 N–H and O–H groups in total. The molecule has 2 amide bonds. The van der Waals surface area contributed by atoms with Gasteiger partial charge in [-0.15, -0.1) is 21.5 Å². The van der Waals surface area contributed by atoms with Crippen LogP contribution in [0.5, 0.6) is 0 Å². The highest BCUT2D eigenvalue weighted by molar-refractivity contribution is 7.09. The summed E-state index contributed by atoms with van der Waals surface area (Å²) in [6.07, 6.45) is 4.55. The minimum absolute atomic E-state index is 0.172. The first-order chi connectivity index (χ1) is 10.3. The molecule has 0 fully saturated rings. The van der Waals surface area contributed by atoms with Crippen molar-refractivity contribution in [2.24, 2.45) is 0 Å². The first kappa shape index (κ1) is 14.1. The molecule has 0 bridgehead atoms. The molecule has 112 valence electrons. The molecule has 0 unspecified atom stereocenters. The average Bonchev–Trinajstić information content (AvgIpc) is 3.08. The fraction of sp³-hybridized carbons (Fsp3) is 0.500. The Hall–Kier alpha value is -1.89. The molecule has 0 aromatic carbocycles. The molecule has 0 saturated heterocycles. The third-order valence-electron chi connectivity index (χ3n) is 3.60. The minimum Gasteiger partial charge on any atom is -0.333 e. The molecule has 1 aliphatic heterocycles. The van der Waals surface area contributed by atoms with E-state index >= 15 is 0 Å². The van der Waals surface area contributed by atoms with Gasteiger partial charge in [-0.05, 0) is 24.3 Å². The lowest BCUT2D eigenvalue weighted by Gasteiger charge is -2.09. The Bertz CT molecular complexity index is 593. The zero-order valence-corrected chi connectivity index (χ0v) is 12.7. The van der Waals surface area contributed by atoms with Gasteiger partial charge in [0.15, 0.2) is 5.82 Å². The van der Waals surface area contributed by atoms with Gasteiger partial charge in [0.1, 0.15) is 5.82 Å². The summed E-state index contributed by atoms with van der Waals surface area (Å²) in [5.74, 6) is 1.89. The quantitative estimate of drug-likeness (QED) is 0.908. The number of urea groups is 1. The van der Waals surface area contributed by atoms with Crippen molar-refractivity contribution in [2.45, 2.75) is 45.3 Å². The standard InChI is InChI=1S/C14H19N5OS/c20-14(15-9-11-5-4-8-21-11)16-10-13-18-17-12-6-2-1-3-7-19(12)13/h4-5,8H,1-3,6-7,9-10H2,(H2,15,16,20). The third-order valence-corrected chi connectivity index (χ3v) is 4.47. The molecular formula is C14H19N5OS. The number of rotatable bonds is 4. The summed E-state index contributed by atoms with van der Waals surface area (Å²) in [5, 5.41) is 16.1. The van der Waals surface area contributed by atoms with Gasteiger partial charge in [0.25, 0.3) is 0 Å². The van der Waals surface area contributed by atoms with E-state index in [0.717, 1.165) is 35.9 Å². The molecule has 1 aliphatic rings. The number of thiophene rings is 1. The largest absolute Gasteiger partial charge is 0.333 e. The number of hydrogen-bond donors (Lipinski definition) is 2. The SMILES string of the molecule is O=C(NCc1cccs1)NCc1nnc2n1CCCCC2.